The third-order valence-electron chi connectivity index (χ3n) is 3.81. The third-order valence-corrected chi connectivity index (χ3v) is 3.81. The predicted molar refractivity (Wildman–Crippen MR) is 68.6 cm³/mol. The summed E-state index contributed by atoms with van der Waals surface area (Å²) in [6.45, 7) is 2.01. The number of nitrogens with zero attached hydrogens (tertiary/aromatic N) is 3. The highest BCUT2D eigenvalue weighted by atomic mass is 16.2. The molecular weight excluding hydrogens is 246 g/mol. The second kappa shape index (κ2) is 5.16. The normalized spacial score (nSPS) is 19.4. The molecule has 1 aliphatic heterocycles. The number of hydrogen-bond donors (Lipinski definition) is 2. The molecule has 1 aliphatic carbocycles. The summed E-state index contributed by atoms with van der Waals surface area (Å²) >= 11 is 0. The van der Waals surface area contributed by atoms with Crippen LogP contribution < -0.4 is 16.3 Å². The lowest BCUT2D eigenvalue weighted by Gasteiger charge is -2.11. The Hall–Kier alpha value is -1.63. The van der Waals surface area contributed by atoms with Crippen molar-refractivity contribution in [2.45, 2.75) is 51.4 Å². The highest BCUT2D eigenvalue weighted by Crippen LogP contribution is 2.17. The van der Waals surface area contributed by atoms with E-state index >= 15 is 0 Å². The van der Waals surface area contributed by atoms with Gasteiger partial charge >= 0.3 is 5.69 Å². The molecule has 0 unspecified atom stereocenters. The van der Waals surface area contributed by atoms with Crippen molar-refractivity contribution in [1.29, 1.82) is 0 Å². The van der Waals surface area contributed by atoms with Gasteiger partial charge in [-0.05, 0) is 12.8 Å². The standard InChI is InChI=1S/C12H19N5O2/c18-11(14-9-3-1-2-4-9)8-17-12(19)16-6-5-13-7-10(16)15-17/h9,13H,1-8H2,(H,14,18). The maximum Gasteiger partial charge on any atom is 0.346 e. The largest absolute Gasteiger partial charge is 0.352 e. The summed E-state index contributed by atoms with van der Waals surface area (Å²) in [5.41, 5.74) is -0.182. The first-order chi connectivity index (χ1) is 9.24. The molecule has 1 saturated carbocycles. The van der Waals surface area contributed by atoms with E-state index in [0.29, 0.717) is 18.9 Å². The van der Waals surface area contributed by atoms with E-state index in [9.17, 15) is 9.59 Å². The molecule has 0 aromatic carbocycles. The van der Waals surface area contributed by atoms with Crippen LogP contribution in [0.15, 0.2) is 4.79 Å². The summed E-state index contributed by atoms with van der Waals surface area (Å²) in [6, 6.07) is 0.280. The van der Waals surface area contributed by atoms with Crippen molar-refractivity contribution in [3.63, 3.8) is 0 Å². The Morgan fingerprint density at radius 3 is 2.95 bits per heavy atom. The van der Waals surface area contributed by atoms with Crippen LogP contribution in [0.2, 0.25) is 0 Å². The maximum atomic E-state index is 12.0. The summed E-state index contributed by atoms with van der Waals surface area (Å²) in [6.07, 6.45) is 4.44. The molecule has 19 heavy (non-hydrogen) atoms. The van der Waals surface area contributed by atoms with E-state index in [2.05, 4.69) is 15.7 Å². The zero-order valence-electron chi connectivity index (χ0n) is 10.9. The molecule has 0 radical (unpaired) electrons. The van der Waals surface area contributed by atoms with Gasteiger partial charge in [-0.2, -0.15) is 5.10 Å². The van der Waals surface area contributed by atoms with E-state index in [4.69, 9.17) is 0 Å². The average Bonchev–Trinajstić information content (AvgIpc) is 3.00. The molecule has 2 N–H and O–H groups in total. The van der Waals surface area contributed by atoms with Crippen molar-refractivity contribution >= 4 is 5.91 Å². The van der Waals surface area contributed by atoms with E-state index in [1.807, 2.05) is 0 Å². The molecule has 104 valence electrons. The Labute approximate surface area is 111 Å². The monoisotopic (exact) mass is 265 g/mol. The maximum absolute atomic E-state index is 12.0. The van der Waals surface area contributed by atoms with Crippen LogP contribution >= 0.6 is 0 Å². The lowest BCUT2D eigenvalue weighted by molar-refractivity contribution is -0.122. The summed E-state index contributed by atoms with van der Waals surface area (Å²) in [7, 11) is 0. The second-order valence-corrected chi connectivity index (χ2v) is 5.23. The Balaban J connectivity index is 1.67. The van der Waals surface area contributed by atoms with Gasteiger partial charge < -0.3 is 10.6 Å². The molecule has 1 aromatic rings. The number of hydrogen-bond acceptors (Lipinski definition) is 4. The molecule has 0 saturated heterocycles. The molecule has 7 nitrogen and oxygen atoms in total. The lowest BCUT2D eigenvalue weighted by atomic mass is 10.2. The van der Waals surface area contributed by atoms with Crippen molar-refractivity contribution in [3.05, 3.63) is 16.3 Å². The fourth-order valence-electron chi connectivity index (χ4n) is 2.81. The van der Waals surface area contributed by atoms with Gasteiger partial charge in [-0.15, -0.1) is 0 Å². The molecule has 0 spiro atoms. The Morgan fingerprint density at radius 2 is 2.21 bits per heavy atom. The zero-order chi connectivity index (χ0) is 13.2. The van der Waals surface area contributed by atoms with E-state index in [-0.39, 0.29) is 24.2 Å². The number of amides is 1. The number of aromatic nitrogens is 3. The van der Waals surface area contributed by atoms with Crippen molar-refractivity contribution in [2.24, 2.45) is 0 Å². The first kappa shape index (κ1) is 12.4. The van der Waals surface area contributed by atoms with Crippen LogP contribution in [-0.4, -0.2) is 32.8 Å². The molecule has 1 fully saturated rings. The minimum absolute atomic E-state index is 0.0231. The second-order valence-electron chi connectivity index (χ2n) is 5.23. The van der Waals surface area contributed by atoms with Crippen molar-refractivity contribution < 1.29 is 4.79 Å². The van der Waals surface area contributed by atoms with E-state index in [1.165, 1.54) is 17.5 Å². The topological polar surface area (TPSA) is 81.0 Å². The average molecular weight is 265 g/mol. The highest BCUT2D eigenvalue weighted by molar-refractivity contribution is 5.75. The predicted octanol–water partition coefficient (Wildman–Crippen LogP) is -0.793. The van der Waals surface area contributed by atoms with Gasteiger partial charge in [0.25, 0.3) is 0 Å². The third kappa shape index (κ3) is 2.56. The van der Waals surface area contributed by atoms with Crippen molar-refractivity contribution in [3.8, 4) is 0 Å². The van der Waals surface area contributed by atoms with Crippen LogP contribution in [0.1, 0.15) is 31.5 Å². The first-order valence-corrected chi connectivity index (χ1v) is 6.90. The van der Waals surface area contributed by atoms with Gasteiger partial charge in [-0.3, -0.25) is 9.36 Å². The Morgan fingerprint density at radius 1 is 1.42 bits per heavy atom. The van der Waals surface area contributed by atoms with Gasteiger partial charge in [-0.25, -0.2) is 9.48 Å². The number of nitrogens with one attached hydrogen (secondary N) is 2. The molecule has 2 heterocycles. The molecule has 2 aliphatic rings. The molecule has 1 amide bonds. The first-order valence-electron chi connectivity index (χ1n) is 6.90. The van der Waals surface area contributed by atoms with E-state index < -0.39 is 0 Å². The summed E-state index contributed by atoms with van der Waals surface area (Å²) < 4.78 is 2.91. The summed E-state index contributed by atoms with van der Waals surface area (Å²) in [4.78, 5) is 23.9. The zero-order valence-corrected chi connectivity index (χ0v) is 10.9. The molecular formula is C12H19N5O2. The summed E-state index contributed by atoms with van der Waals surface area (Å²) in [5, 5.41) is 10.3. The van der Waals surface area contributed by atoms with Crippen LogP contribution in [0.5, 0.6) is 0 Å². The molecule has 7 heteroatoms. The van der Waals surface area contributed by atoms with Gasteiger partial charge in [0.05, 0.1) is 6.54 Å². The molecule has 1 aromatic heterocycles. The van der Waals surface area contributed by atoms with E-state index in [0.717, 1.165) is 19.4 Å². The molecule has 0 bridgehead atoms. The number of fused-ring (bicyclic) bond motifs is 1. The Bertz CT molecular complexity index is 527. The summed E-state index contributed by atoms with van der Waals surface area (Å²) in [5.74, 6) is 0.599. The fraction of sp³-hybridized carbons (Fsp3) is 0.750. The van der Waals surface area contributed by atoms with Gasteiger partial charge in [0.1, 0.15) is 12.4 Å². The van der Waals surface area contributed by atoms with Gasteiger partial charge in [0, 0.05) is 19.1 Å². The molecule has 0 atom stereocenters. The minimum Gasteiger partial charge on any atom is -0.352 e. The van der Waals surface area contributed by atoms with E-state index in [1.54, 1.807) is 4.57 Å². The van der Waals surface area contributed by atoms with Crippen molar-refractivity contribution in [2.75, 3.05) is 6.54 Å². The fourth-order valence-corrected chi connectivity index (χ4v) is 2.81. The molecule has 3 rings (SSSR count). The Kier molecular flexibility index (Phi) is 3.37. The smallest absolute Gasteiger partial charge is 0.346 e. The van der Waals surface area contributed by atoms with Crippen LogP contribution in [0.3, 0.4) is 0 Å². The van der Waals surface area contributed by atoms with Gasteiger partial charge in [0.15, 0.2) is 0 Å². The SMILES string of the molecule is O=C(Cn1nc2n(c1=O)CCNC2)NC1CCCC1. The lowest BCUT2D eigenvalue weighted by Crippen LogP contribution is -2.39. The van der Waals surface area contributed by atoms with Crippen molar-refractivity contribution in [1.82, 2.24) is 25.0 Å². The highest BCUT2D eigenvalue weighted by Gasteiger charge is 2.20. The van der Waals surface area contributed by atoms with Crippen LogP contribution in [0.4, 0.5) is 0 Å². The number of carbonyl (C=O) groups is 1. The van der Waals surface area contributed by atoms with Gasteiger partial charge in [-0.1, -0.05) is 12.8 Å². The number of rotatable bonds is 3. The minimum atomic E-state index is -0.182. The van der Waals surface area contributed by atoms with Crippen LogP contribution in [-0.2, 0) is 24.4 Å². The van der Waals surface area contributed by atoms with Crippen LogP contribution in [0, 0.1) is 0 Å². The number of carbonyl (C=O) groups excluding carboxylic acids is 1. The quantitative estimate of drug-likeness (QED) is 0.750. The van der Waals surface area contributed by atoms with Gasteiger partial charge in [0.2, 0.25) is 5.91 Å². The van der Waals surface area contributed by atoms with Crippen LogP contribution in [0.25, 0.3) is 0 Å².